The van der Waals surface area contributed by atoms with Crippen LogP contribution >= 0.6 is 0 Å². The first-order valence-corrected chi connectivity index (χ1v) is 5.08. The molecule has 0 radical (unpaired) electrons. The molecule has 1 atom stereocenters. The molecular weight excluding hydrogens is 184 g/mol. The lowest BCUT2D eigenvalue weighted by atomic mass is 10.1. The van der Waals surface area contributed by atoms with E-state index in [1.165, 1.54) is 0 Å². The number of aliphatic carboxylic acids is 1. The van der Waals surface area contributed by atoms with Gasteiger partial charge < -0.3 is 9.84 Å². The van der Waals surface area contributed by atoms with Gasteiger partial charge in [-0.15, -0.1) is 0 Å². The SMILES string of the molecule is CCC(OC(=O)C1CCCC1)C(=O)O. The normalized spacial score (nSPS) is 19.2. The van der Waals surface area contributed by atoms with Gasteiger partial charge in [0.2, 0.25) is 0 Å². The summed E-state index contributed by atoms with van der Waals surface area (Å²) in [7, 11) is 0. The number of ether oxygens (including phenoxy) is 1. The first-order valence-electron chi connectivity index (χ1n) is 5.08. The third-order valence-electron chi connectivity index (χ3n) is 2.59. The highest BCUT2D eigenvalue weighted by Gasteiger charge is 2.28. The molecule has 80 valence electrons. The topological polar surface area (TPSA) is 63.6 Å². The fourth-order valence-electron chi connectivity index (χ4n) is 1.71. The Bertz CT molecular complexity index is 218. The molecule has 0 aromatic carbocycles. The van der Waals surface area contributed by atoms with E-state index >= 15 is 0 Å². The van der Waals surface area contributed by atoms with Gasteiger partial charge >= 0.3 is 11.9 Å². The van der Waals surface area contributed by atoms with Crippen molar-refractivity contribution in [2.24, 2.45) is 5.92 Å². The van der Waals surface area contributed by atoms with E-state index in [1.54, 1.807) is 6.92 Å². The second-order valence-corrected chi connectivity index (χ2v) is 3.65. The summed E-state index contributed by atoms with van der Waals surface area (Å²) in [6.45, 7) is 1.70. The van der Waals surface area contributed by atoms with Crippen molar-refractivity contribution < 1.29 is 19.4 Å². The Kier molecular flexibility index (Phi) is 3.92. The number of hydrogen-bond donors (Lipinski definition) is 1. The molecular formula is C10H16O4. The molecule has 0 amide bonds. The molecule has 1 aliphatic rings. The van der Waals surface area contributed by atoms with Crippen molar-refractivity contribution in [3.8, 4) is 0 Å². The van der Waals surface area contributed by atoms with Gasteiger partial charge in [-0.2, -0.15) is 0 Å². The van der Waals surface area contributed by atoms with Crippen LogP contribution in [-0.2, 0) is 14.3 Å². The van der Waals surface area contributed by atoms with E-state index in [4.69, 9.17) is 9.84 Å². The average Bonchev–Trinajstić information content (AvgIpc) is 2.65. The Morgan fingerprint density at radius 2 is 2.00 bits per heavy atom. The zero-order valence-electron chi connectivity index (χ0n) is 8.36. The molecule has 0 saturated heterocycles. The summed E-state index contributed by atoms with van der Waals surface area (Å²) in [6, 6.07) is 0. The summed E-state index contributed by atoms with van der Waals surface area (Å²) < 4.78 is 4.91. The Balaban J connectivity index is 2.41. The Morgan fingerprint density at radius 3 is 2.43 bits per heavy atom. The van der Waals surface area contributed by atoms with Crippen molar-refractivity contribution >= 4 is 11.9 Å². The molecule has 1 saturated carbocycles. The number of carboxylic acids is 1. The highest BCUT2D eigenvalue weighted by Crippen LogP contribution is 2.26. The summed E-state index contributed by atoms with van der Waals surface area (Å²) in [5.41, 5.74) is 0. The first-order chi connectivity index (χ1) is 6.65. The third-order valence-corrected chi connectivity index (χ3v) is 2.59. The summed E-state index contributed by atoms with van der Waals surface area (Å²) >= 11 is 0. The molecule has 0 aromatic rings. The van der Waals surface area contributed by atoms with E-state index in [2.05, 4.69) is 0 Å². The number of hydrogen-bond acceptors (Lipinski definition) is 3. The second kappa shape index (κ2) is 4.98. The summed E-state index contributed by atoms with van der Waals surface area (Å²) in [5, 5.41) is 8.69. The van der Waals surface area contributed by atoms with E-state index in [0.29, 0.717) is 6.42 Å². The molecule has 1 rings (SSSR count). The highest BCUT2D eigenvalue weighted by atomic mass is 16.6. The molecule has 0 spiro atoms. The summed E-state index contributed by atoms with van der Waals surface area (Å²) in [6.07, 6.45) is 3.13. The highest BCUT2D eigenvalue weighted by molar-refractivity contribution is 5.79. The van der Waals surface area contributed by atoms with E-state index in [-0.39, 0.29) is 11.9 Å². The molecule has 4 nitrogen and oxygen atoms in total. The van der Waals surface area contributed by atoms with Crippen molar-refractivity contribution in [2.75, 3.05) is 0 Å². The second-order valence-electron chi connectivity index (χ2n) is 3.65. The van der Waals surface area contributed by atoms with E-state index in [0.717, 1.165) is 25.7 Å². The van der Waals surface area contributed by atoms with Crippen LogP contribution in [0, 0.1) is 5.92 Å². The predicted octanol–water partition coefficient (Wildman–Crippen LogP) is 1.58. The molecule has 1 fully saturated rings. The van der Waals surface area contributed by atoms with Crippen LogP contribution in [0.15, 0.2) is 0 Å². The molecule has 0 heterocycles. The molecule has 14 heavy (non-hydrogen) atoms. The average molecular weight is 200 g/mol. The summed E-state index contributed by atoms with van der Waals surface area (Å²) in [4.78, 5) is 22.0. The van der Waals surface area contributed by atoms with Crippen molar-refractivity contribution in [2.45, 2.75) is 45.1 Å². The molecule has 0 aliphatic heterocycles. The standard InChI is InChI=1S/C10H16O4/c1-2-8(9(11)12)14-10(13)7-5-3-4-6-7/h7-8H,2-6H2,1H3,(H,11,12). The van der Waals surface area contributed by atoms with Gasteiger partial charge in [0.05, 0.1) is 5.92 Å². The monoisotopic (exact) mass is 200 g/mol. The molecule has 4 heteroatoms. The maximum Gasteiger partial charge on any atom is 0.345 e. The fraction of sp³-hybridized carbons (Fsp3) is 0.800. The van der Waals surface area contributed by atoms with Crippen molar-refractivity contribution in [1.82, 2.24) is 0 Å². The Morgan fingerprint density at radius 1 is 1.43 bits per heavy atom. The quantitative estimate of drug-likeness (QED) is 0.700. The van der Waals surface area contributed by atoms with Crippen molar-refractivity contribution in [3.05, 3.63) is 0 Å². The van der Waals surface area contributed by atoms with Gasteiger partial charge in [-0.25, -0.2) is 4.79 Å². The van der Waals surface area contributed by atoms with Crippen LogP contribution < -0.4 is 0 Å². The minimum absolute atomic E-state index is 0.0663. The number of carbonyl (C=O) groups is 2. The Hall–Kier alpha value is -1.06. The van der Waals surface area contributed by atoms with Gasteiger partial charge in [0, 0.05) is 0 Å². The number of esters is 1. The van der Waals surface area contributed by atoms with Crippen LogP contribution in [0.2, 0.25) is 0 Å². The predicted molar refractivity (Wildman–Crippen MR) is 49.8 cm³/mol. The van der Waals surface area contributed by atoms with Gasteiger partial charge in [0.15, 0.2) is 6.10 Å². The van der Waals surface area contributed by atoms with Gasteiger partial charge in [-0.1, -0.05) is 19.8 Å². The minimum Gasteiger partial charge on any atom is -0.479 e. The van der Waals surface area contributed by atoms with Crippen LogP contribution in [0.5, 0.6) is 0 Å². The smallest absolute Gasteiger partial charge is 0.345 e. The number of rotatable bonds is 4. The van der Waals surface area contributed by atoms with Crippen molar-refractivity contribution in [1.29, 1.82) is 0 Å². The van der Waals surface area contributed by atoms with Gasteiger partial charge in [-0.05, 0) is 19.3 Å². The van der Waals surface area contributed by atoms with Crippen LogP contribution in [0.3, 0.4) is 0 Å². The lowest BCUT2D eigenvalue weighted by Crippen LogP contribution is -2.28. The van der Waals surface area contributed by atoms with E-state index in [9.17, 15) is 9.59 Å². The van der Waals surface area contributed by atoms with Crippen LogP contribution in [-0.4, -0.2) is 23.1 Å². The van der Waals surface area contributed by atoms with Crippen LogP contribution in [0.4, 0.5) is 0 Å². The lowest BCUT2D eigenvalue weighted by Gasteiger charge is -2.14. The Labute approximate surface area is 83.2 Å². The van der Waals surface area contributed by atoms with Gasteiger partial charge in [-0.3, -0.25) is 4.79 Å². The maximum absolute atomic E-state index is 11.4. The first kappa shape index (κ1) is 11.0. The minimum atomic E-state index is -1.06. The number of carboxylic acid groups (broad SMARTS) is 1. The van der Waals surface area contributed by atoms with E-state index < -0.39 is 12.1 Å². The lowest BCUT2D eigenvalue weighted by molar-refractivity contribution is -0.167. The summed E-state index contributed by atoms with van der Waals surface area (Å²) in [5.74, 6) is -1.46. The van der Waals surface area contributed by atoms with Crippen LogP contribution in [0.25, 0.3) is 0 Å². The molecule has 0 aromatic heterocycles. The largest absolute Gasteiger partial charge is 0.479 e. The molecule has 1 unspecified atom stereocenters. The zero-order chi connectivity index (χ0) is 10.6. The molecule has 1 N–H and O–H groups in total. The number of carbonyl (C=O) groups excluding carboxylic acids is 1. The zero-order valence-corrected chi connectivity index (χ0v) is 8.36. The third kappa shape index (κ3) is 2.72. The molecule has 1 aliphatic carbocycles. The van der Waals surface area contributed by atoms with E-state index in [1.807, 2.05) is 0 Å². The maximum atomic E-state index is 11.4. The van der Waals surface area contributed by atoms with Gasteiger partial charge in [0.1, 0.15) is 0 Å². The van der Waals surface area contributed by atoms with Crippen molar-refractivity contribution in [3.63, 3.8) is 0 Å². The van der Waals surface area contributed by atoms with Crippen LogP contribution in [0.1, 0.15) is 39.0 Å². The molecule has 0 bridgehead atoms. The fourth-order valence-corrected chi connectivity index (χ4v) is 1.71. The van der Waals surface area contributed by atoms with Gasteiger partial charge in [0.25, 0.3) is 0 Å².